The number of benzene rings is 1. The maximum absolute atomic E-state index is 12.7. The second-order valence-corrected chi connectivity index (χ2v) is 7.87. The van der Waals surface area contributed by atoms with Crippen molar-refractivity contribution in [3.05, 3.63) is 23.2 Å². The highest BCUT2D eigenvalue weighted by molar-refractivity contribution is 7.89. The molecule has 0 atom stereocenters. The van der Waals surface area contributed by atoms with Crippen molar-refractivity contribution < 1.29 is 18.3 Å². The Balaban J connectivity index is 2.14. The van der Waals surface area contributed by atoms with E-state index in [1.165, 1.54) is 22.5 Å². The fourth-order valence-corrected chi connectivity index (χ4v) is 3.96. The summed E-state index contributed by atoms with van der Waals surface area (Å²) >= 11 is 11.3. The number of hydrogen-bond donors (Lipinski definition) is 3. The lowest BCUT2D eigenvalue weighted by Gasteiger charge is -2.26. The van der Waals surface area contributed by atoms with E-state index < -0.39 is 10.0 Å². The number of nitrogens with zero attached hydrogens (tertiary/aromatic N) is 1. The Morgan fingerprint density at radius 1 is 1.38 bits per heavy atom. The molecule has 0 bridgehead atoms. The summed E-state index contributed by atoms with van der Waals surface area (Å²) in [6.45, 7) is 1.99. The minimum atomic E-state index is -3.60. The van der Waals surface area contributed by atoms with Crippen molar-refractivity contribution in [2.45, 2.75) is 11.3 Å². The fourth-order valence-electron chi connectivity index (χ4n) is 2.14. The predicted octanol–water partition coefficient (Wildman–Crippen LogP) is 1.03. The van der Waals surface area contributed by atoms with E-state index in [9.17, 15) is 8.42 Å². The monoisotopic (exact) mass is 393 g/mol. The largest absolute Gasteiger partial charge is 0.396 e. The molecule has 1 aromatic rings. The van der Waals surface area contributed by atoms with E-state index in [0.717, 1.165) is 0 Å². The summed E-state index contributed by atoms with van der Waals surface area (Å²) < 4.78 is 31.9. The second-order valence-electron chi connectivity index (χ2n) is 5.12. The minimum Gasteiger partial charge on any atom is -0.396 e. The van der Waals surface area contributed by atoms with E-state index in [4.69, 9.17) is 33.7 Å². The molecule has 1 heterocycles. The van der Waals surface area contributed by atoms with Gasteiger partial charge in [0.2, 0.25) is 10.0 Å². The summed E-state index contributed by atoms with van der Waals surface area (Å²) in [7, 11) is -3.60. The third-order valence-electron chi connectivity index (χ3n) is 3.41. The molecule has 1 aliphatic heterocycles. The van der Waals surface area contributed by atoms with Crippen LogP contribution in [-0.4, -0.2) is 62.4 Å². The number of morpholine rings is 1. The fraction of sp³-hybridized carbons (Fsp3) is 0.500. The number of rotatable bonds is 6. The molecule has 1 saturated heterocycles. The second kappa shape index (κ2) is 8.93. The molecule has 1 aromatic carbocycles. The van der Waals surface area contributed by atoms with Gasteiger partial charge < -0.3 is 20.5 Å². The Bertz CT molecular complexity index is 679. The van der Waals surface area contributed by atoms with Gasteiger partial charge in [-0.2, -0.15) is 4.31 Å². The van der Waals surface area contributed by atoms with Crippen LogP contribution in [0.4, 0.5) is 5.69 Å². The van der Waals surface area contributed by atoms with Crippen molar-refractivity contribution in [2.24, 2.45) is 0 Å². The van der Waals surface area contributed by atoms with E-state index >= 15 is 0 Å². The number of hydrogen-bond acceptors (Lipinski definition) is 5. The average molecular weight is 394 g/mol. The summed E-state index contributed by atoms with van der Waals surface area (Å²) in [5, 5.41) is 15.2. The Hall–Kier alpha value is -0.970. The number of sulfonamides is 1. The number of nitrogens with one attached hydrogen (secondary N) is 2. The Morgan fingerprint density at radius 2 is 2.08 bits per heavy atom. The third kappa shape index (κ3) is 5.01. The van der Waals surface area contributed by atoms with Crippen LogP contribution in [0.15, 0.2) is 23.1 Å². The number of halogens is 1. The molecule has 0 saturated carbocycles. The maximum atomic E-state index is 12.7. The van der Waals surface area contributed by atoms with Gasteiger partial charge in [-0.15, -0.1) is 0 Å². The quantitative estimate of drug-likeness (QED) is 0.491. The van der Waals surface area contributed by atoms with Crippen LogP contribution in [0.25, 0.3) is 0 Å². The van der Waals surface area contributed by atoms with Crippen molar-refractivity contribution >= 4 is 44.6 Å². The molecule has 0 aliphatic carbocycles. The highest BCUT2D eigenvalue weighted by Crippen LogP contribution is 2.27. The van der Waals surface area contributed by atoms with Gasteiger partial charge in [-0.25, -0.2) is 8.42 Å². The van der Waals surface area contributed by atoms with Crippen molar-refractivity contribution in [3.63, 3.8) is 0 Å². The molecular weight excluding hydrogens is 374 g/mol. The molecular formula is C14H20ClN3O4S2. The van der Waals surface area contributed by atoms with Gasteiger partial charge in [0, 0.05) is 26.2 Å². The first kappa shape index (κ1) is 19.4. The average Bonchev–Trinajstić information content (AvgIpc) is 2.58. The lowest BCUT2D eigenvalue weighted by atomic mass is 10.3. The van der Waals surface area contributed by atoms with Crippen LogP contribution in [0.2, 0.25) is 5.02 Å². The minimum absolute atomic E-state index is 0.0592. The highest BCUT2D eigenvalue weighted by Gasteiger charge is 2.26. The molecule has 2 rings (SSSR count). The van der Waals surface area contributed by atoms with E-state index in [-0.39, 0.29) is 11.5 Å². The molecule has 0 aromatic heterocycles. The van der Waals surface area contributed by atoms with Crippen LogP contribution in [0.3, 0.4) is 0 Å². The topological polar surface area (TPSA) is 90.9 Å². The smallest absolute Gasteiger partial charge is 0.243 e. The number of thiocarbonyl (C=S) groups is 1. The lowest BCUT2D eigenvalue weighted by Crippen LogP contribution is -2.40. The SMILES string of the molecule is O=S(=O)(c1ccc(Cl)c(NC(=S)NCCCO)c1)N1CCOCC1. The summed E-state index contributed by atoms with van der Waals surface area (Å²) in [6.07, 6.45) is 0.557. The van der Waals surface area contributed by atoms with E-state index in [1.807, 2.05) is 0 Å². The molecule has 10 heteroatoms. The van der Waals surface area contributed by atoms with Crippen LogP contribution in [0, 0.1) is 0 Å². The molecule has 0 spiro atoms. The van der Waals surface area contributed by atoms with Crippen LogP contribution in [-0.2, 0) is 14.8 Å². The van der Waals surface area contributed by atoms with Gasteiger partial charge in [-0.3, -0.25) is 0 Å². The van der Waals surface area contributed by atoms with Crippen LogP contribution < -0.4 is 10.6 Å². The Kier molecular flexibility index (Phi) is 7.20. The zero-order valence-electron chi connectivity index (χ0n) is 13.0. The number of ether oxygens (including phenoxy) is 1. The number of anilines is 1. The van der Waals surface area contributed by atoms with Gasteiger partial charge in [0.1, 0.15) is 0 Å². The summed E-state index contributed by atoms with van der Waals surface area (Å²) in [5.74, 6) is 0. The highest BCUT2D eigenvalue weighted by atomic mass is 35.5. The van der Waals surface area contributed by atoms with Crippen molar-refractivity contribution in [2.75, 3.05) is 44.8 Å². The summed E-state index contributed by atoms with van der Waals surface area (Å²) in [6, 6.07) is 4.46. The predicted molar refractivity (Wildman–Crippen MR) is 97.0 cm³/mol. The maximum Gasteiger partial charge on any atom is 0.243 e. The lowest BCUT2D eigenvalue weighted by molar-refractivity contribution is 0.0730. The first-order valence-corrected chi connectivity index (χ1v) is 9.71. The molecule has 0 unspecified atom stereocenters. The van der Waals surface area contributed by atoms with Gasteiger partial charge in [-0.1, -0.05) is 11.6 Å². The Morgan fingerprint density at radius 3 is 2.75 bits per heavy atom. The van der Waals surface area contributed by atoms with Gasteiger partial charge in [0.25, 0.3) is 0 Å². The molecule has 24 heavy (non-hydrogen) atoms. The van der Waals surface area contributed by atoms with E-state index in [1.54, 1.807) is 0 Å². The standard InChI is InChI=1S/C14H20ClN3O4S2/c15-12-3-2-11(24(20,21)18-5-8-22-9-6-18)10-13(12)17-14(23)16-4-1-7-19/h2-3,10,19H,1,4-9H2,(H2,16,17,23). The Labute approximate surface area is 152 Å². The molecule has 134 valence electrons. The van der Waals surface area contributed by atoms with Gasteiger partial charge in [0.05, 0.1) is 28.8 Å². The summed E-state index contributed by atoms with van der Waals surface area (Å²) in [5.41, 5.74) is 0.410. The zero-order chi connectivity index (χ0) is 17.6. The number of aliphatic hydroxyl groups excluding tert-OH is 1. The van der Waals surface area contributed by atoms with Crippen LogP contribution >= 0.6 is 23.8 Å². The van der Waals surface area contributed by atoms with Gasteiger partial charge in [-0.05, 0) is 36.8 Å². The van der Waals surface area contributed by atoms with Crippen molar-refractivity contribution in [1.29, 1.82) is 0 Å². The third-order valence-corrected chi connectivity index (χ3v) is 5.88. The molecule has 3 N–H and O–H groups in total. The number of aliphatic hydroxyl groups is 1. The van der Waals surface area contributed by atoms with Gasteiger partial charge >= 0.3 is 0 Å². The first-order chi connectivity index (χ1) is 11.4. The first-order valence-electron chi connectivity index (χ1n) is 7.48. The van der Waals surface area contributed by atoms with Gasteiger partial charge in [0.15, 0.2) is 5.11 Å². The summed E-state index contributed by atoms with van der Waals surface area (Å²) in [4.78, 5) is 0.148. The molecule has 1 aliphatic rings. The normalized spacial score (nSPS) is 15.9. The van der Waals surface area contributed by atoms with E-state index in [0.29, 0.717) is 55.1 Å². The molecule has 1 fully saturated rings. The van der Waals surface area contributed by atoms with Crippen LogP contribution in [0.5, 0.6) is 0 Å². The molecule has 7 nitrogen and oxygen atoms in total. The molecule has 0 radical (unpaired) electrons. The van der Waals surface area contributed by atoms with Crippen molar-refractivity contribution in [3.8, 4) is 0 Å². The van der Waals surface area contributed by atoms with E-state index in [2.05, 4.69) is 10.6 Å². The van der Waals surface area contributed by atoms with Crippen molar-refractivity contribution in [1.82, 2.24) is 9.62 Å². The molecule has 0 amide bonds. The zero-order valence-corrected chi connectivity index (χ0v) is 15.4. The van der Waals surface area contributed by atoms with Crippen LogP contribution in [0.1, 0.15) is 6.42 Å².